The van der Waals surface area contributed by atoms with Crippen molar-refractivity contribution in [2.45, 2.75) is 0 Å². The van der Waals surface area contributed by atoms with Crippen LogP contribution >= 0.6 is 0 Å². The van der Waals surface area contributed by atoms with Gasteiger partial charge in [0.25, 0.3) is 0 Å². The molecule has 0 saturated carbocycles. The maximum absolute atomic E-state index is 14.7. The maximum Gasteiger partial charge on any atom is 0.158 e. The Morgan fingerprint density at radius 2 is 0.828 bits per heavy atom. The predicted octanol–water partition coefficient (Wildman–Crippen LogP) is 5.65. The van der Waals surface area contributed by atoms with E-state index < -0.39 is 5.82 Å². The second kappa shape index (κ2) is 7.20. The highest BCUT2D eigenvalue weighted by Crippen LogP contribution is 2.34. The van der Waals surface area contributed by atoms with Crippen LogP contribution in [0.25, 0.3) is 33.4 Å². The zero-order chi connectivity index (χ0) is 20.5. The molecule has 4 aromatic rings. The van der Waals surface area contributed by atoms with Gasteiger partial charge in [0.15, 0.2) is 23.0 Å². The highest BCUT2D eigenvalue weighted by Gasteiger charge is 2.10. The Bertz CT molecular complexity index is 1200. The number of benzene rings is 4. The molecule has 0 unspecified atom stereocenters. The molecule has 0 radical (unpaired) electrons. The Morgan fingerprint density at radius 3 is 1.34 bits per heavy atom. The zero-order valence-corrected chi connectivity index (χ0v) is 15.2. The van der Waals surface area contributed by atoms with Gasteiger partial charge in [-0.3, -0.25) is 0 Å². The first-order valence-corrected chi connectivity index (χ1v) is 8.87. The lowest BCUT2D eigenvalue weighted by Gasteiger charge is -2.09. The van der Waals surface area contributed by atoms with Crippen LogP contribution in [-0.4, -0.2) is 20.4 Å². The van der Waals surface area contributed by atoms with E-state index in [9.17, 15) is 24.8 Å². The second-order valence-corrected chi connectivity index (χ2v) is 6.68. The third kappa shape index (κ3) is 3.58. The summed E-state index contributed by atoms with van der Waals surface area (Å²) in [5.41, 5.74) is 3.89. The van der Waals surface area contributed by atoms with Gasteiger partial charge in [-0.05, 0) is 58.1 Å². The van der Waals surface area contributed by atoms with Gasteiger partial charge in [0.1, 0.15) is 5.82 Å². The van der Waals surface area contributed by atoms with Gasteiger partial charge in [0.05, 0.1) is 0 Å². The van der Waals surface area contributed by atoms with Crippen LogP contribution in [0.15, 0.2) is 78.9 Å². The van der Waals surface area contributed by atoms with E-state index in [1.807, 2.05) is 24.3 Å². The number of phenolic OH excluding ortho intramolecular Hbond substituents is 4. The lowest BCUT2D eigenvalue weighted by molar-refractivity contribution is 0.404. The standard InChI is InChI=1S/C24H17FO4/c25-20-11-16(5-8-19(20)18-7-10-22(27)24(29)13-18)14-1-3-15(4-2-14)17-6-9-21(26)23(28)12-17/h1-13,26-29H. The van der Waals surface area contributed by atoms with E-state index in [1.165, 1.54) is 36.4 Å². The van der Waals surface area contributed by atoms with Crippen molar-refractivity contribution in [2.24, 2.45) is 0 Å². The van der Waals surface area contributed by atoms with Gasteiger partial charge in [0.2, 0.25) is 0 Å². The molecule has 0 fully saturated rings. The summed E-state index contributed by atoms with van der Waals surface area (Å²) in [6.45, 7) is 0. The Labute approximate surface area is 166 Å². The maximum atomic E-state index is 14.7. The normalized spacial score (nSPS) is 10.8. The van der Waals surface area contributed by atoms with Gasteiger partial charge >= 0.3 is 0 Å². The van der Waals surface area contributed by atoms with Crippen LogP contribution < -0.4 is 0 Å². The van der Waals surface area contributed by atoms with E-state index in [1.54, 1.807) is 18.2 Å². The van der Waals surface area contributed by atoms with Crippen molar-refractivity contribution >= 4 is 0 Å². The van der Waals surface area contributed by atoms with Crippen LogP contribution in [0.2, 0.25) is 0 Å². The Balaban J connectivity index is 1.64. The number of halogens is 1. The smallest absolute Gasteiger partial charge is 0.158 e. The molecule has 5 heteroatoms. The summed E-state index contributed by atoms with van der Waals surface area (Å²) in [4.78, 5) is 0. The van der Waals surface area contributed by atoms with E-state index in [0.29, 0.717) is 16.7 Å². The number of hydrogen-bond donors (Lipinski definition) is 4. The van der Waals surface area contributed by atoms with E-state index in [-0.39, 0.29) is 23.0 Å². The topological polar surface area (TPSA) is 80.9 Å². The van der Waals surface area contributed by atoms with Gasteiger partial charge in [-0.25, -0.2) is 4.39 Å². The summed E-state index contributed by atoms with van der Waals surface area (Å²) >= 11 is 0. The largest absolute Gasteiger partial charge is 0.504 e. The molecule has 29 heavy (non-hydrogen) atoms. The molecule has 4 nitrogen and oxygen atoms in total. The van der Waals surface area contributed by atoms with E-state index in [0.717, 1.165) is 16.7 Å². The average molecular weight is 388 g/mol. The first kappa shape index (κ1) is 18.4. The van der Waals surface area contributed by atoms with E-state index >= 15 is 0 Å². The molecule has 0 aromatic heterocycles. The fraction of sp³-hybridized carbons (Fsp3) is 0. The van der Waals surface area contributed by atoms with Gasteiger partial charge < -0.3 is 20.4 Å². The Hall–Kier alpha value is -3.99. The summed E-state index contributed by atoms with van der Waals surface area (Å²) in [7, 11) is 0. The van der Waals surface area contributed by atoms with Crippen LogP contribution in [0.4, 0.5) is 4.39 Å². The summed E-state index contributed by atoms with van der Waals surface area (Å²) in [5, 5.41) is 38.1. The molecule has 4 N–H and O–H groups in total. The van der Waals surface area contributed by atoms with Crippen LogP contribution in [0.1, 0.15) is 0 Å². The monoisotopic (exact) mass is 388 g/mol. The number of phenols is 4. The van der Waals surface area contributed by atoms with Crippen molar-refractivity contribution < 1.29 is 24.8 Å². The van der Waals surface area contributed by atoms with Crippen molar-refractivity contribution in [1.82, 2.24) is 0 Å². The molecule has 0 amide bonds. The highest BCUT2D eigenvalue weighted by atomic mass is 19.1. The van der Waals surface area contributed by atoms with E-state index in [2.05, 4.69) is 0 Å². The lowest BCUT2D eigenvalue weighted by atomic mass is 9.97. The number of aromatic hydroxyl groups is 4. The quantitative estimate of drug-likeness (QED) is 0.342. The summed E-state index contributed by atoms with van der Waals surface area (Å²) in [6.07, 6.45) is 0. The minimum Gasteiger partial charge on any atom is -0.504 e. The molecule has 4 rings (SSSR count). The Morgan fingerprint density at radius 1 is 0.414 bits per heavy atom. The van der Waals surface area contributed by atoms with Crippen LogP contribution in [-0.2, 0) is 0 Å². The minimum atomic E-state index is -0.444. The van der Waals surface area contributed by atoms with Gasteiger partial charge in [-0.1, -0.05) is 48.5 Å². The third-order valence-corrected chi connectivity index (χ3v) is 4.78. The minimum absolute atomic E-state index is 0.178. The number of rotatable bonds is 3. The first-order chi connectivity index (χ1) is 13.9. The summed E-state index contributed by atoms with van der Waals surface area (Å²) < 4.78 is 14.7. The molecule has 0 saturated heterocycles. The second-order valence-electron chi connectivity index (χ2n) is 6.68. The molecule has 144 valence electrons. The Kier molecular flexibility index (Phi) is 4.56. The molecule has 0 aliphatic heterocycles. The third-order valence-electron chi connectivity index (χ3n) is 4.78. The first-order valence-electron chi connectivity index (χ1n) is 8.87. The molecular weight excluding hydrogens is 371 g/mol. The van der Waals surface area contributed by atoms with Crippen LogP contribution in [0.3, 0.4) is 0 Å². The van der Waals surface area contributed by atoms with Gasteiger partial charge in [-0.15, -0.1) is 0 Å². The average Bonchev–Trinajstić information content (AvgIpc) is 2.72. The lowest BCUT2D eigenvalue weighted by Crippen LogP contribution is -1.87. The molecule has 0 heterocycles. The summed E-state index contributed by atoms with van der Waals surface area (Å²) in [5.74, 6) is -1.37. The predicted molar refractivity (Wildman–Crippen MR) is 109 cm³/mol. The number of hydrogen-bond acceptors (Lipinski definition) is 4. The highest BCUT2D eigenvalue weighted by molar-refractivity contribution is 5.75. The molecule has 0 atom stereocenters. The van der Waals surface area contributed by atoms with Crippen molar-refractivity contribution in [3.8, 4) is 56.4 Å². The van der Waals surface area contributed by atoms with Crippen molar-refractivity contribution in [3.63, 3.8) is 0 Å². The molecule has 0 aliphatic carbocycles. The summed E-state index contributed by atoms with van der Waals surface area (Å²) in [6, 6.07) is 21.0. The molecule has 0 aliphatic rings. The van der Waals surface area contributed by atoms with Crippen molar-refractivity contribution in [3.05, 3.63) is 84.7 Å². The molecule has 4 aromatic carbocycles. The molecular formula is C24H17FO4. The van der Waals surface area contributed by atoms with Gasteiger partial charge in [0, 0.05) is 5.56 Å². The molecule has 0 bridgehead atoms. The fourth-order valence-electron chi connectivity index (χ4n) is 3.18. The fourth-order valence-corrected chi connectivity index (χ4v) is 3.18. The van der Waals surface area contributed by atoms with Crippen molar-refractivity contribution in [2.75, 3.05) is 0 Å². The van der Waals surface area contributed by atoms with Crippen LogP contribution in [0.5, 0.6) is 23.0 Å². The van der Waals surface area contributed by atoms with Crippen molar-refractivity contribution in [1.29, 1.82) is 0 Å². The molecule has 0 spiro atoms. The van der Waals surface area contributed by atoms with Gasteiger partial charge in [-0.2, -0.15) is 0 Å². The van der Waals surface area contributed by atoms with E-state index in [4.69, 9.17) is 0 Å². The zero-order valence-electron chi connectivity index (χ0n) is 15.2. The SMILES string of the molecule is Oc1ccc(-c2ccc(-c3ccc(-c4ccc(O)c(O)c4)c(F)c3)cc2)cc1O. The van der Waals surface area contributed by atoms with Crippen LogP contribution in [0, 0.1) is 5.82 Å².